The molecule has 2 aromatic carbocycles. The van der Waals surface area contributed by atoms with Gasteiger partial charge in [-0.1, -0.05) is 45.0 Å². The maximum Gasteiger partial charge on any atom is 0.123 e. The number of halogens is 1. The summed E-state index contributed by atoms with van der Waals surface area (Å²) in [6, 6.07) is 13.3. The zero-order chi connectivity index (χ0) is 14.8. The molecule has 0 radical (unpaired) electrons. The van der Waals surface area contributed by atoms with Gasteiger partial charge in [-0.2, -0.15) is 0 Å². The van der Waals surface area contributed by atoms with Crippen molar-refractivity contribution in [2.24, 2.45) is 0 Å². The molecule has 0 aromatic heterocycles. The van der Waals surface area contributed by atoms with E-state index in [0.29, 0.717) is 6.54 Å². The van der Waals surface area contributed by atoms with Gasteiger partial charge in [-0.15, -0.1) is 0 Å². The Morgan fingerprint density at radius 1 is 1.05 bits per heavy atom. The summed E-state index contributed by atoms with van der Waals surface area (Å²) in [5.41, 5.74) is 4.63. The van der Waals surface area contributed by atoms with Crippen LogP contribution < -0.4 is 5.32 Å². The number of hydrogen-bond acceptors (Lipinski definition) is 1. The first-order valence-corrected chi connectivity index (χ1v) is 6.96. The van der Waals surface area contributed by atoms with Crippen molar-refractivity contribution in [2.75, 3.05) is 5.32 Å². The second kappa shape index (κ2) is 5.66. The third-order valence-electron chi connectivity index (χ3n) is 3.51. The molecule has 2 heteroatoms. The van der Waals surface area contributed by atoms with Crippen LogP contribution in [0.25, 0.3) is 0 Å². The zero-order valence-electron chi connectivity index (χ0n) is 12.6. The van der Waals surface area contributed by atoms with Crippen LogP contribution in [0.15, 0.2) is 42.5 Å². The molecule has 1 N–H and O–H groups in total. The highest BCUT2D eigenvalue weighted by Gasteiger charge is 2.17. The SMILES string of the molecule is Cc1cc(F)ccc1CNc1ccccc1C(C)(C)C. The molecular formula is C18H22FN. The van der Waals surface area contributed by atoms with Crippen molar-refractivity contribution in [3.05, 3.63) is 65.0 Å². The Balaban J connectivity index is 2.19. The third-order valence-corrected chi connectivity index (χ3v) is 3.51. The van der Waals surface area contributed by atoms with E-state index in [1.165, 1.54) is 11.6 Å². The maximum atomic E-state index is 13.1. The van der Waals surface area contributed by atoms with E-state index in [-0.39, 0.29) is 11.2 Å². The highest BCUT2D eigenvalue weighted by molar-refractivity contribution is 5.54. The minimum atomic E-state index is -0.179. The number of para-hydroxylation sites is 1. The number of anilines is 1. The Morgan fingerprint density at radius 3 is 2.40 bits per heavy atom. The van der Waals surface area contributed by atoms with Crippen molar-refractivity contribution in [2.45, 2.75) is 39.7 Å². The van der Waals surface area contributed by atoms with E-state index >= 15 is 0 Å². The first kappa shape index (κ1) is 14.6. The van der Waals surface area contributed by atoms with E-state index < -0.39 is 0 Å². The fraction of sp³-hybridized carbons (Fsp3) is 0.333. The number of aryl methyl sites for hydroxylation is 1. The molecule has 0 saturated heterocycles. The molecule has 0 aliphatic rings. The summed E-state index contributed by atoms with van der Waals surface area (Å²) >= 11 is 0. The van der Waals surface area contributed by atoms with Gasteiger partial charge in [0.15, 0.2) is 0 Å². The third kappa shape index (κ3) is 3.38. The average molecular weight is 271 g/mol. The van der Waals surface area contributed by atoms with Crippen LogP contribution in [-0.2, 0) is 12.0 Å². The van der Waals surface area contributed by atoms with Crippen LogP contribution in [0.2, 0.25) is 0 Å². The first-order chi connectivity index (χ1) is 9.38. The van der Waals surface area contributed by atoms with Crippen LogP contribution in [0.1, 0.15) is 37.5 Å². The van der Waals surface area contributed by atoms with Gasteiger partial charge in [0.1, 0.15) is 5.82 Å². The lowest BCUT2D eigenvalue weighted by Crippen LogP contribution is -2.15. The minimum absolute atomic E-state index is 0.0986. The standard InChI is InChI=1S/C18H22FN/c1-13-11-15(19)10-9-14(13)12-20-17-8-6-5-7-16(17)18(2,3)4/h5-11,20H,12H2,1-4H3. The first-order valence-electron chi connectivity index (χ1n) is 6.96. The molecule has 2 rings (SSSR count). The number of nitrogens with one attached hydrogen (secondary N) is 1. The highest BCUT2D eigenvalue weighted by Crippen LogP contribution is 2.29. The fourth-order valence-corrected chi connectivity index (χ4v) is 2.34. The van der Waals surface area contributed by atoms with E-state index in [9.17, 15) is 4.39 Å². The topological polar surface area (TPSA) is 12.0 Å². The lowest BCUT2D eigenvalue weighted by Gasteiger charge is -2.23. The molecule has 0 aliphatic carbocycles. The molecule has 0 fully saturated rings. The molecule has 20 heavy (non-hydrogen) atoms. The molecule has 0 bridgehead atoms. The second-order valence-corrected chi connectivity index (χ2v) is 6.22. The second-order valence-electron chi connectivity index (χ2n) is 6.22. The number of rotatable bonds is 3. The number of benzene rings is 2. The smallest absolute Gasteiger partial charge is 0.123 e. The minimum Gasteiger partial charge on any atom is -0.381 e. The Kier molecular flexibility index (Phi) is 4.12. The molecule has 0 heterocycles. The van der Waals surface area contributed by atoms with Gasteiger partial charge in [0.05, 0.1) is 0 Å². The molecule has 0 unspecified atom stereocenters. The summed E-state index contributed by atoms with van der Waals surface area (Å²) in [6.45, 7) is 9.26. The summed E-state index contributed by atoms with van der Waals surface area (Å²) < 4.78 is 13.1. The summed E-state index contributed by atoms with van der Waals surface area (Å²) in [5, 5.41) is 3.47. The fourth-order valence-electron chi connectivity index (χ4n) is 2.34. The van der Waals surface area contributed by atoms with Gasteiger partial charge in [-0.05, 0) is 47.2 Å². The molecule has 0 aliphatic heterocycles. The summed E-state index contributed by atoms with van der Waals surface area (Å²) in [4.78, 5) is 0. The van der Waals surface area contributed by atoms with E-state index in [2.05, 4.69) is 44.3 Å². The van der Waals surface area contributed by atoms with Crippen molar-refractivity contribution in [3.8, 4) is 0 Å². The Morgan fingerprint density at radius 2 is 1.75 bits per heavy atom. The summed E-state index contributed by atoms with van der Waals surface area (Å²) in [6.07, 6.45) is 0. The van der Waals surface area contributed by atoms with Crippen molar-refractivity contribution in [1.29, 1.82) is 0 Å². The molecular weight excluding hydrogens is 249 g/mol. The molecule has 106 valence electrons. The average Bonchev–Trinajstić information content (AvgIpc) is 2.37. The van der Waals surface area contributed by atoms with Crippen molar-refractivity contribution >= 4 is 5.69 Å². The van der Waals surface area contributed by atoms with Gasteiger partial charge >= 0.3 is 0 Å². The molecule has 2 aromatic rings. The van der Waals surface area contributed by atoms with E-state index in [1.807, 2.05) is 19.1 Å². The van der Waals surface area contributed by atoms with Crippen LogP contribution in [0.3, 0.4) is 0 Å². The van der Waals surface area contributed by atoms with Gasteiger partial charge in [0.25, 0.3) is 0 Å². The van der Waals surface area contributed by atoms with E-state index in [1.54, 1.807) is 6.07 Å². The van der Waals surface area contributed by atoms with Crippen LogP contribution in [0.5, 0.6) is 0 Å². The van der Waals surface area contributed by atoms with Gasteiger partial charge in [-0.3, -0.25) is 0 Å². The van der Waals surface area contributed by atoms with Crippen molar-refractivity contribution in [1.82, 2.24) is 0 Å². The summed E-state index contributed by atoms with van der Waals surface area (Å²) in [5.74, 6) is -0.179. The summed E-state index contributed by atoms with van der Waals surface area (Å²) in [7, 11) is 0. The highest BCUT2D eigenvalue weighted by atomic mass is 19.1. The van der Waals surface area contributed by atoms with Crippen LogP contribution in [0, 0.1) is 12.7 Å². The quantitative estimate of drug-likeness (QED) is 0.824. The Labute approximate surface area is 120 Å². The molecule has 0 atom stereocenters. The zero-order valence-corrected chi connectivity index (χ0v) is 12.6. The molecule has 0 saturated carbocycles. The maximum absolute atomic E-state index is 13.1. The predicted molar refractivity (Wildman–Crippen MR) is 83.6 cm³/mol. The Hall–Kier alpha value is -1.83. The molecule has 0 amide bonds. The normalized spacial score (nSPS) is 11.4. The van der Waals surface area contributed by atoms with Crippen LogP contribution >= 0.6 is 0 Å². The van der Waals surface area contributed by atoms with E-state index in [0.717, 1.165) is 16.8 Å². The Bertz CT molecular complexity index is 597. The van der Waals surface area contributed by atoms with Crippen molar-refractivity contribution in [3.63, 3.8) is 0 Å². The van der Waals surface area contributed by atoms with Gasteiger partial charge in [0.2, 0.25) is 0 Å². The van der Waals surface area contributed by atoms with Gasteiger partial charge < -0.3 is 5.32 Å². The lowest BCUT2D eigenvalue weighted by atomic mass is 9.86. The van der Waals surface area contributed by atoms with E-state index in [4.69, 9.17) is 0 Å². The van der Waals surface area contributed by atoms with Crippen LogP contribution in [-0.4, -0.2) is 0 Å². The van der Waals surface area contributed by atoms with Crippen LogP contribution in [0.4, 0.5) is 10.1 Å². The lowest BCUT2D eigenvalue weighted by molar-refractivity contribution is 0.591. The molecule has 1 nitrogen and oxygen atoms in total. The van der Waals surface area contributed by atoms with Gasteiger partial charge in [0, 0.05) is 12.2 Å². The monoisotopic (exact) mass is 271 g/mol. The number of hydrogen-bond donors (Lipinski definition) is 1. The molecule has 0 spiro atoms. The predicted octanol–water partition coefficient (Wildman–Crippen LogP) is 5.04. The van der Waals surface area contributed by atoms with Gasteiger partial charge in [-0.25, -0.2) is 4.39 Å². The largest absolute Gasteiger partial charge is 0.381 e. The van der Waals surface area contributed by atoms with Crippen molar-refractivity contribution < 1.29 is 4.39 Å².